The van der Waals surface area contributed by atoms with E-state index in [4.69, 9.17) is 4.74 Å². The highest BCUT2D eigenvalue weighted by Gasteiger charge is 2.22. The van der Waals surface area contributed by atoms with Crippen LogP contribution in [-0.4, -0.2) is 17.6 Å². The summed E-state index contributed by atoms with van der Waals surface area (Å²) in [5.74, 6) is -0.779. The van der Waals surface area contributed by atoms with Gasteiger partial charge >= 0.3 is 5.97 Å². The van der Waals surface area contributed by atoms with E-state index in [1.165, 1.54) is 12.1 Å². The maximum absolute atomic E-state index is 13.5. The van der Waals surface area contributed by atoms with E-state index in [-0.39, 0.29) is 12.4 Å². The van der Waals surface area contributed by atoms with E-state index in [9.17, 15) is 9.18 Å². The second-order valence-electron chi connectivity index (χ2n) is 4.63. The number of nitrogens with zero attached hydrogens (tertiary/aromatic N) is 1. The summed E-state index contributed by atoms with van der Waals surface area (Å²) < 4.78 is 18.5. The Labute approximate surface area is 123 Å². The molecule has 1 N–H and O–H groups in total. The van der Waals surface area contributed by atoms with E-state index >= 15 is 0 Å². The first-order valence-electron chi connectivity index (χ1n) is 6.70. The van der Waals surface area contributed by atoms with Crippen molar-refractivity contribution >= 4 is 11.7 Å². The Morgan fingerprint density at radius 3 is 2.86 bits per heavy atom. The number of ether oxygens (including phenoxy) is 1. The molecule has 0 saturated carbocycles. The van der Waals surface area contributed by atoms with Gasteiger partial charge in [-0.05, 0) is 43.7 Å². The van der Waals surface area contributed by atoms with Crippen LogP contribution in [0.2, 0.25) is 0 Å². The highest BCUT2D eigenvalue weighted by molar-refractivity contribution is 5.81. The lowest BCUT2D eigenvalue weighted by Gasteiger charge is -2.18. The van der Waals surface area contributed by atoms with E-state index in [1.807, 2.05) is 0 Å². The van der Waals surface area contributed by atoms with Gasteiger partial charge in [-0.1, -0.05) is 6.07 Å². The van der Waals surface area contributed by atoms with Gasteiger partial charge in [0.15, 0.2) is 6.04 Å². The Bertz CT molecular complexity index is 597. The molecule has 0 spiro atoms. The number of nitrogens with one attached hydrogen (secondary N) is 1. The number of carbonyl (C=O) groups excluding carboxylic acids is 1. The second kappa shape index (κ2) is 6.83. The van der Waals surface area contributed by atoms with Gasteiger partial charge in [0, 0.05) is 23.6 Å². The first-order chi connectivity index (χ1) is 10.1. The van der Waals surface area contributed by atoms with Gasteiger partial charge in [-0.25, -0.2) is 9.18 Å². The van der Waals surface area contributed by atoms with Crippen LogP contribution in [0, 0.1) is 12.7 Å². The van der Waals surface area contributed by atoms with Crippen LogP contribution in [-0.2, 0) is 9.53 Å². The fourth-order valence-electron chi connectivity index (χ4n) is 2.04. The molecule has 1 atom stereocenters. The van der Waals surface area contributed by atoms with Crippen molar-refractivity contribution in [3.8, 4) is 0 Å². The minimum Gasteiger partial charge on any atom is -0.464 e. The number of pyridine rings is 1. The van der Waals surface area contributed by atoms with Crippen LogP contribution < -0.4 is 5.32 Å². The molecule has 1 heterocycles. The Balaban J connectivity index is 2.29. The topological polar surface area (TPSA) is 51.2 Å². The Kier molecular flexibility index (Phi) is 4.87. The summed E-state index contributed by atoms with van der Waals surface area (Å²) >= 11 is 0. The first kappa shape index (κ1) is 15.0. The molecule has 5 heteroatoms. The van der Waals surface area contributed by atoms with Crippen molar-refractivity contribution in [2.75, 3.05) is 11.9 Å². The van der Waals surface area contributed by atoms with Crippen LogP contribution in [0.25, 0.3) is 0 Å². The molecule has 0 fully saturated rings. The molecule has 1 unspecified atom stereocenters. The minimum absolute atomic E-state index is 0.277. The molecule has 21 heavy (non-hydrogen) atoms. The summed E-state index contributed by atoms with van der Waals surface area (Å²) in [5.41, 5.74) is 1.96. The standard InChI is InChI=1S/C16H17FN2O2/c1-3-21-16(20)15(12-5-4-6-18-10-12)19-14-8-11(2)7-13(17)9-14/h4-10,15,19H,3H2,1-2H3. The van der Waals surface area contributed by atoms with Gasteiger partial charge in [0.2, 0.25) is 0 Å². The van der Waals surface area contributed by atoms with Gasteiger partial charge in [-0.2, -0.15) is 0 Å². The van der Waals surface area contributed by atoms with E-state index in [0.29, 0.717) is 11.3 Å². The Morgan fingerprint density at radius 1 is 1.43 bits per heavy atom. The molecule has 0 saturated heterocycles. The minimum atomic E-state index is -0.722. The number of halogens is 1. The van der Waals surface area contributed by atoms with Gasteiger partial charge in [0.25, 0.3) is 0 Å². The molecule has 0 radical (unpaired) electrons. The largest absolute Gasteiger partial charge is 0.464 e. The van der Waals surface area contributed by atoms with E-state index < -0.39 is 12.0 Å². The number of aryl methyl sites for hydroxylation is 1. The van der Waals surface area contributed by atoms with E-state index in [2.05, 4.69) is 10.3 Å². The van der Waals surface area contributed by atoms with Crippen molar-refractivity contribution < 1.29 is 13.9 Å². The fourth-order valence-corrected chi connectivity index (χ4v) is 2.04. The van der Waals surface area contributed by atoms with Gasteiger partial charge in [0.1, 0.15) is 5.82 Å². The van der Waals surface area contributed by atoms with Crippen molar-refractivity contribution in [3.05, 3.63) is 59.7 Å². The monoisotopic (exact) mass is 288 g/mol. The number of carbonyl (C=O) groups is 1. The summed E-state index contributed by atoms with van der Waals surface area (Å²) in [7, 11) is 0. The molecule has 2 rings (SSSR count). The smallest absolute Gasteiger partial charge is 0.333 e. The summed E-state index contributed by atoms with van der Waals surface area (Å²) in [5, 5.41) is 3.01. The van der Waals surface area contributed by atoms with E-state index in [0.717, 1.165) is 5.56 Å². The maximum atomic E-state index is 13.5. The summed E-state index contributed by atoms with van der Waals surface area (Å²) in [6.45, 7) is 3.81. The average Bonchev–Trinajstić information content (AvgIpc) is 2.45. The fraction of sp³-hybridized carbons (Fsp3) is 0.250. The molecule has 2 aromatic rings. The SMILES string of the molecule is CCOC(=O)C(Nc1cc(C)cc(F)c1)c1cccnc1. The van der Waals surface area contributed by atoms with Gasteiger partial charge in [-0.15, -0.1) is 0 Å². The number of rotatable bonds is 5. The summed E-state index contributed by atoms with van der Waals surface area (Å²) in [6.07, 6.45) is 3.21. The third kappa shape index (κ3) is 4.02. The van der Waals surface area contributed by atoms with Gasteiger partial charge in [-0.3, -0.25) is 4.98 Å². The van der Waals surface area contributed by atoms with Crippen LogP contribution in [0.5, 0.6) is 0 Å². The third-order valence-electron chi connectivity index (χ3n) is 2.89. The zero-order valence-corrected chi connectivity index (χ0v) is 12.0. The van der Waals surface area contributed by atoms with Crippen LogP contribution in [0.3, 0.4) is 0 Å². The Morgan fingerprint density at radius 2 is 2.24 bits per heavy atom. The highest BCUT2D eigenvalue weighted by atomic mass is 19.1. The van der Waals surface area contributed by atoms with Crippen LogP contribution in [0.1, 0.15) is 24.1 Å². The third-order valence-corrected chi connectivity index (χ3v) is 2.89. The number of esters is 1. The quantitative estimate of drug-likeness (QED) is 0.858. The molecule has 4 nitrogen and oxygen atoms in total. The number of hydrogen-bond donors (Lipinski definition) is 1. The van der Waals surface area contributed by atoms with Crippen molar-refractivity contribution in [1.82, 2.24) is 4.98 Å². The predicted octanol–water partition coefficient (Wildman–Crippen LogP) is 3.25. The van der Waals surface area contributed by atoms with Gasteiger partial charge < -0.3 is 10.1 Å². The van der Waals surface area contributed by atoms with Crippen molar-refractivity contribution in [1.29, 1.82) is 0 Å². The lowest BCUT2D eigenvalue weighted by Crippen LogP contribution is -2.23. The number of aromatic nitrogens is 1. The van der Waals surface area contributed by atoms with Crippen LogP contribution in [0.4, 0.5) is 10.1 Å². The number of anilines is 1. The lowest BCUT2D eigenvalue weighted by atomic mass is 10.1. The number of hydrogen-bond acceptors (Lipinski definition) is 4. The second-order valence-corrected chi connectivity index (χ2v) is 4.63. The van der Waals surface area contributed by atoms with Gasteiger partial charge in [0.05, 0.1) is 6.61 Å². The van der Waals surface area contributed by atoms with E-state index in [1.54, 1.807) is 44.4 Å². The zero-order chi connectivity index (χ0) is 15.2. The van der Waals surface area contributed by atoms with Crippen molar-refractivity contribution in [2.24, 2.45) is 0 Å². The van der Waals surface area contributed by atoms with Crippen LogP contribution >= 0.6 is 0 Å². The molecule has 0 amide bonds. The lowest BCUT2D eigenvalue weighted by molar-refractivity contribution is -0.144. The molecule has 1 aromatic heterocycles. The zero-order valence-electron chi connectivity index (χ0n) is 12.0. The molecular weight excluding hydrogens is 271 g/mol. The van der Waals surface area contributed by atoms with Crippen LogP contribution in [0.15, 0.2) is 42.7 Å². The maximum Gasteiger partial charge on any atom is 0.333 e. The highest BCUT2D eigenvalue weighted by Crippen LogP contribution is 2.22. The predicted molar refractivity (Wildman–Crippen MR) is 78.4 cm³/mol. The molecule has 0 aliphatic heterocycles. The Hall–Kier alpha value is -2.43. The molecule has 0 aliphatic carbocycles. The molecule has 0 bridgehead atoms. The first-order valence-corrected chi connectivity index (χ1v) is 6.70. The molecular formula is C16H17FN2O2. The molecule has 110 valence electrons. The molecule has 1 aromatic carbocycles. The summed E-state index contributed by atoms with van der Waals surface area (Å²) in [6, 6.07) is 7.32. The van der Waals surface area contributed by atoms with Crippen molar-refractivity contribution in [3.63, 3.8) is 0 Å². The number of benzene rings is 1. The molecule has 0 aliphatic rings. The average molecular weight is 288 g/mol. The normalized spacial score (nSPS) is 11.8. The van der Waals surface area contributed by atoms with Crippen molar-refractivity contribution in [2.45, 2.75) is 19.9 Å². The summed E-state index contributed by atoms with van der Waals surface area (Å²) in [4.78, 5) is 16.1.